The highest BCUT2D eigenvalue weighted by Crippen LogP contribution is 2.48. The van der Waals surface area contributed by atoms with Crippen LogP contribution in [0.4, 0.5) is 0 Å². The summed E-state index contributed by atoms with van der Waals surface area (Å²) in [6.45, 7) is 8.56. The number of nitrogens with one attached hydrogen (secondary N) is 1. The molecule has 0 bridgehead atoms. The van der Waals surface area contributed by atoms with E-state index in [1.165, 1.54) is 25.7 Å². The first-order chi connectivity index (χ1) is 9.36. The third-order valence-electron chi connectivity index (χ3n) is 5.59. The van der Waals surface area contributed by atoms with Gasteiger partial charge in [0.25, 0.3) is 0 Å². The second-order valence-electron chi connectivity index (χ2n) is 8.17. The molecule has 0 aromatic heterocycles. The van der Waals surface area contributed by atoms with Crippen LogP contribution in [0, 0.1) is 22.7 Å². The minimum Gasteiger partial charge on any atom is -0.355 e. The summed E-state index contributed by atoms with van der Waals surface area (Å²) < 4.78 is 0. The van der Waals surface area contributed by atoms with Crippen LogP contribution in [0.5, 0.6) is 0 Å². The Morgan fingerprint density at radius 3 is 2.25 bits per heavy atom. The van der Waals surface area contributed by atoms with E-state index in [2.05, 4.69) is 26.1 Å². The Morgan fingerprint density at radius 2 is 1.80 bits per heavy atom. The van der Waals surface area contributed by atoms with Gasteiger partial charge >= 0.3 is 0 Å². The van der Waals surface area contributed by atoms with Crippen molar-refractivity contribution in [2.75, 3.05) is 13.1 Å². The van der Waals surface area contributed by atoms with E-state index in [1.807, 2.05) is 0 Å². The summed E-state index contributed by atoms with van der Waals surface area (Å²) in [6.07, 6.45) is 8.08. The van der Waals surface area contributed by atoms with E-state index in [0.717, 1.165) is 38.3 Å². The minimum absolute atomic E-state index is 0.252. The molecule has 0 aliphatic heterocycles. The van der Waals surface area contributed by atoms with Crippen molar-refractivity contribution < 1.29 is 4.79 Å². The number of hydrogen-bond donors (Lipinski definition) is 2. The molecule has 0 unspecified atom stereocenters. The van der Waals surface area contributed by atoms with Gasteiger partial charge in [0.05, 0.1) is 0 Å². The zero-order valence-electron chi connectivity index (χ0n) is 13.5. The van der Waals surface area contributed by atoms with Crippen LogP contribution in [0.2, 0.25) is 0 Å². The summed E-state index contributed by atoms with van der Waals surface area (Å²) in [4.78, 5) is 12.3. The lowest BCUT2D eigenvalue weighted by Crippen LogP contribution is -2.38. The predicted octanol–water partition coefficient (Wildman–Crippen LogP) is 3.08. The molecule has 0 aromatic carbocycles. The summed E-state index contributed by atoms with van der Waals surface area (Å²) in [5.74, 6) is 1.32. The minimum atomic E-state index is 0.252. The Kier molecular flexibility index (Phi) is 4.78. The molecule has 2 saturated carbocycles. The van der Waals surface area contributed by atoms with Crippen LogP contribution in [0.15, 0.2) is 0 Å². The summed E-state index contributed by atoms with van der Waals surface area (Å²) in [5, 5.41) is 3.20. The van der Waals surface area contributed by atoms with Crippen molar-refractivity contribution in [2.45, 2.75) is 65.7 Å². The smallest absolute Gasteiger partial charge is 0.223 e. The van der Waals surface area contributed by atoms with Crippen molar-refractivity contribution in [2.24, 2.45) is 28.4 Å². The van der Waals surface area contributed by atoms with E-state index >= 15 is 0 Å². The lowest BCUT2D eigenvalue weighted by atomic mass is 9.69. The maximum Gasteiger partial charge on any atom is 0.223 e. The van der Waals surface area contributed by atoms with Crippen LogP contribution in [-0.4, -0.2) is 19.0 Å². The number of carbonyl (C=O) groups is 1. The molecule has 2 aliphatic rings. The van der Waals surface area contributed by atoms with E-state index in [0.29, 0.717) is 16.7 Å². The van der Waals surface area contributed by atoms with Crippen LogP contribution in [0.3, 0.4) is 0 Å². The molecule has 0 spiro atoms. The van der Waals surface area contributed by atoms with Gasteiger partial charge in [-0.05, 0) is 68.2 Å². The Morgan fingerprint density at radius 1 is 1.20 bits per heavy atom. The maximum absolute atomic E-state index is 12.3. The largest absolute Gasteiger partial charge is 0.355 e. The Labute approximate surface area is 124 Å². The summed E-state index contributed by atoms with van der Waals surface area (Å²) in [6, 6.07) is 0. The van der Waals surface area contributed by atoms with Gasteiger partial charge in [-0.15, -0.1) is 0 Å². The van der Waals surface area contributed by atoms with Crippen molar-refractivity contribution in [3.05, 3.63) is 0 Å². The first-order valence-electron chi connectivity index (χ1n) is 8.34. The Hall–Kier alpha value is -0.570. The molecule has 3 heteroatoms. The predicted molar refractivity (Wildman–Crippen MR) is 83.3 cm³/mol. The van der Waals surface area contributed by atoms with Crippen LogP contribution >= 0.6 is 0 Å². The molecule has 0 heterocycles. The zero-order valence-corrected chi connectivity index (χ0v) is 13.5. The number of amides is 1. The summed E-state index contributed by atoms with van der Waals surface area (Å²) in [5.41, 5.74) is 6.39. The van der Waals surface area contributed by atoms with Gasteiger partial charge in [0.15, 0.2) is 0 Å². The SMILES string of the molecule is CC(C)(C)C1CCC(C(=O)NCC2(CCN)CC2)CC1. The number of carbonyl (C=O) groups excluding carboxylic acids is 1. The molecule has 116 valence electrons. The Bertz CT molecular complexity index is 333. The van der Waals surface area contributed by atoms with Gasteiger partial charge in [0.1, 0.15) is 0 Å². The number of hydrogen-bond acceptors (Lipinski definition) is 2. The van der Waals surface area contributed by atoms with Gasteiger partial charge in [-0.2, -0.15) is 0 Å². The van der Waals surface area contributed by atoms with Gasteiger partial charge in [-0.3, -0.25) is 4.79 Å². The van der Waals surface area contributed by atoms with Gasteiger partial charge in [0, 0.05) is 12.5 Å². The van der Waals surface area contributed by atoms with E-state index in [4.69, 9.17) is 5.73 Å². The van der Waals surface area contributed by atoms with Gasteiger partial charge in [-0.25, -0.2) is 0 Å². The number of rotatable bonds is 5. The molecular formula is C17H32N2O. The lowest BCUT2D eigenvalue weighted by Gasteiger charge is -2.36. The fourth-order valence-electron chi connectivity index (χ4n) is 3.64. The van der Waals surface area contributed by atoms with Crippen LogP contribution < -0.4 is 11.1 Å². The van der Waals surface area contributed by atoms with Crippen molar-refractivity contribution in [3.8, 4) is 0 Å². The van der Waals surface area contributed by atoms with Gasteiger partial charge in [0.2, 0.25) is 5.91 Å². The molecular weight excluding hydrogens is 248 g/mol. The first kappa shape index (κ1) is 15.8. The molecule has 2 rings (SSSR count). The molecule has 3 nitrogen and oxygen atoms in total. The van der Waals surface area contributed by atoms with E-state index in [9.17, 15) is 4.79 Å². The molecule has 0 radical (unpaired) electrons. The normalized spacial score (nSPS) is 29.0. The third-order valence-corrected chi connectivity index (χ3v) is 5.59. The van der Waals surface area contributed by atoms with Crippen LogP contribution in [0.25, 0.3) is 0 Å². The molecule has 2 aliphatic carbocycles. The first-order valence-corrected chi connectivity index (χ1v) is 8.34. The monoisotopic (exact) mass is 280 g/mol. The second kappa shape index (κ2) is 6.05. The summed E-state index contributed by atoms with van der Waals surface area (Å²) in [7, 11) is 0. The van der Waals surface area contributed by atoms with Crippen molar-refractivity contribution in [1.29, 1.82) is 0 Å². The lowest BCUT2D eigenvalue weighted by molar-refractivity contribution is -0.126. The fourth-order valence-corrected chi connectivity index (χ4v) is 3.64. The molecule has 0 aromatic rings. The highest BCUT2D eigenvalue weighted by atomic mass is 16.1. The van der Waals surface area contributed by atoms with Crippen molar-refractivity contribution >= 4 is 5.91 Å². The fraction of sp³-hybridized carbons (Fsp3) is 0.941. The second-order valence-corrected chi connectivity index (χ2v) is 8.17. The maximum atomic E-state index is 12.3. The third kappa shape index (κ3) is 3.97. The molecule has 0 atom stereocenters. The molecule has 0 saturated heterocycles. The Balaban J connectivity index is 1.72. The highest BCUT2D eigenvalue weighted by Gasteiger charge is 2.42. The number of nitrogens with two attached hydrogens (primary N) is 1. The molecule has 2 fully saturated rings. The van der Waals surface area contributed by atoms with E-state index < -0.39 is 0 Å². The zero-order chi connectivity index (χ0) is 14.8. The average Bonchev–Trinajstić information content (AvgIpc) is 3.16. The topological polar surface area (TPSA) is 55.1 Å². The molecule has 1 amide bonds. The highest BCUT2D eigenvalue weighted by molar-refractivity contribution is 5.78. The van der Waals surface area contributed by atoms with Crippen molar-refractivity contribution in [3.63, 3.8) is 0 Å². The van der Waals surface area contributed by atoms with E-state index in [1.54, 1.807) is 0 Å². The van der Waals surface area contributed by atoms with Gasteiger partial charge in [-0.1, -0.05) is 20.8 Å². The van der Waals surface area contributed by atoms with Crippen LogP contribution in [0.1, 0.15) is 65.7 Å². The standard InChI is InChI=1S/C17H32N2O/c1-16(2,3)14-6-4-13(5-7-14)15(20)19-12-17(8-9-17)10-11-18/h13-14H,4-12,18H2,1-3H3,(H,19,20). The van der Waals surface area contributed by atoms with Gasteiger partial charge < -0.3 is 11.1 Å². The van der Waals surface area contributed by atoms with Crippen LogP contribution in [-0.2, 0) is 4.79 Å². The average molecular weight is 280 g/mol. The molecule has 3 N–H and O–H groups in total. The van der Waals surface area contributed by atoms with E-state index in [-0.39, 0.29) is 5.92 Å². The molecule has 20 heavy (non-hydrogen) atoms. The summed E-state index contributed by atoms with van der Waals surface area (Å²) >= 11 is 0. The van der Waals surface area contributed by atoms with Crippen molar-refractivity contribution in [1.82, 2.24) is 5.32 Å². The quantitative estimate of drug-likeness (QED) is 0.813.